The standard InChI is InChI=1S/C18H22N6O2S/c1-11-8-20-17(27-11)9-19-15-7-16(22-24(3)18(15)25)26-10-12-6-13(12)14-4-5-23(2)21-14/h4-5,7-8,12-13,19H,6,9-10H2,1-3H3/t12-,13+/m1/s1. The second-order valence-corrected chi connectivity index (χ2v) is 8.19. The number of ether oxygens (including phenoxy) is 1. The van der Waals surface area contributed by atoms with E-state index in [0.29, 0.717) is 36.6 Å². The molecule has 1 aliphatic rings. The molecule has 27 heavy (non-hydrogen) atoms. The Morgan fingerprint density at radius 2 is 2.22 bits per heavy atom. The van der Waals surface area contributed by atoms with Gasteiger partial charge in [0.25, 0.3) is 5.56 Å². The molecule has 0 amide bonds. The second-order valence-electron chi connectivity index (χ2n) is 6.87. The van der Waals surface area contributed by atoms with Gasteiger partial charge in [-0.2, -0.15) is 5.10 Å². The second kappa shape index (κ2) is 7.15. The summed E-state index contributed by atoms with van der Waals surface area (Å²) in [4.78, 5) is 17.7. The minimum Gasteiger partial charge on any atom is -0.476 e. The van der Waals surface area contributed by atoms with Crippen molar-refractivity contribution in [3.05, 3.63) is 50.5 Å². The molecule has 1 N–H and O–H groups in total. The van der Waals surface area contributed by atoms with Gasteiger partial charge < -0.3 is 10.1 Å². The predicted molar refractivity (Wildman–Crippen MR) is 103 cm³/mol. The van der Waals surface area contributed by atoms with E-state index in [1.807, 2.05) is 31.0 Å². The molecule has 4 rings (SSSR count). The molecule has 0 bridgehead atoms. The number of aryl methyl sites for hydroxylation is 3. The number of anilines is 1. The zero-order valence-electron chi connectivity index (χ0n) is 15.5. The molecule has 0 aromatic carbocycles. The summed E-state index contributed by atoms with van der Waals surface area (Å²) in [6.07, 6.45) is 4.85. The van der Waals surface area contributed by atoms with E-state index in [1.165, 1.54) is 4.68 Å². The highest BCUT2D eigenvalue weighted by molar-refractivity contribution is 7.11. The molecule has 8 nitrogen and oxygen atoms in total. The van der Waals surface area contributed by atoms with Crippen LogP contribution in [0.15, 0.2) is 29.3 Å². The lowest BCUT2D eigenvalue weighted by Crippen LogP contribution is -2.24. The third-order valence-corrected chi connectivity index (χ3v) is 5.53. The van der Waals surface area contributed by atoms with E-state index < -0.39 is 0 Å². The SMILES string of the molecule is Cc1cnc(CNc2cc(OC[C@H]3C[C@@H]3c3ccn(C)n3)nn(C)c2=O)s1. The average Bonchev–Trinajstić information content (AvgIpc) is 3.09. The molecule has 0 radical (unpaired) electrons. The van der Waals surface area contributed by atoms with Crippen LogP contribution in [0.3, 0.4) is 0 Å². The molecule has 0 aliphatic heterocycles. The first-order valence-corrected chi connectivity index (χ1v) is 9.67. The fourth-order valence-corrected chi connectivity index (χ4v) is 3.78. The van der Waals surface area contributed by atoms with Crippen molar-refractivity contribution in [2.24, 2.45) is 20.0 Å². The zero-order chi connectivity index (χ0) is 19.0. The molecule has 142 valence electrons. The van der Waals surface area contributed by atoms with Crippen LogP contribution in [0, 0.1) is 12.8 Å². The summed E-state index contributed by atoms with van der Waals surface area (Å²) in [5, 5.41) is 12.7. The first-order chi connectivity index (χ1) is 13.0. The minimum atomic E-state index is -0.187. The van der Waals surface area contributed by atoms with Crippen molar-refractivity contribution in [3.63, 3.8) is 0 Å². The topological polar surface area (TPSA) is 86.9 Å². The van der Waals surface area contributed by atoms with Gasteiger partial charge in [-0.15, -0.1) is 16.4 Å². The highest BCUT2D eigenvalue weighted by atomic mass is 32.1. The van der Waals surface area contributed by atoms with E-state index in [2.05, 4.69) is 26.6 Å². The van der Waals surface area contributed by atoms with Gasteiger partial charge in [0.1, 0.15) is 10.7 Å². The van der Waals surface area contributed by atoms with Gasteiger partial charge in [-0.25, -0.2) is 9.67 Å². The maximum absolute atomic E-state index is 12.3. The number of rotatable bonds is 7. The third kappa shape index (κ3) is 4.02. The maximum atomic E-state index is 12.3. The Morgan fingerprint density at radius 1 is 1.37 bits per heavy atom. The van der Waals surface area contributed by atoms with Crippen molar-refractivity contribution < 1.29 is 4.74 Å². The van der Waals surface area contributed by atoms with E-state index in [-0.39, 0.29) is 5.56 Å². The van der Waals surface area contributed by atoms with Gasteiger partial charge in [0.15, 0.2) is 0 Å². The number of nitrogens with one attached hydrogen (secondary N) is 1. The number of aromatic nitrogens is 5. The van der Waals surface area contributed by atoms with Crippen molar-refractivity contribution in [2.75, 3.05) is 11.9 Å². The van der Waals surface area contributed by atoms with E-state index in [0.717, 1.165) is 22.0 Å². The first kappa shape index (κ1) is 17.7. The highest BCUT2D eigenvalue weighted by Gasteiger charge is 2.40. The molecule has 0 spiro atoms. The molecular formula is C18H22N6O2S. The summed E-state index contributed by atoms with van der Waals surface area (Å²) in [5.41, 5.74) is 1.39. The van der Waals surface area contributed by atoms with Crippen LogP contribution in [0.2, 0.25) is 0 Å². The Bertz CT molecular complexity index is 1010. The lowest BCUT2D eigenvalue weighted by molar-refractivity contribution is 0.278. The molecule has 3 aromatic rings. The predicted octanol–water partition coefficient (Wildman–Crippen LogP) is 2.07. The van der Waals surface area contributed by atoms with Crippen LogP contribution in [0.4, 0.5) is 5.69 Å². The molecule has 3 aromatic heterocycles. The van der Waals surface area contributed by atoms with Gasteiger partial charge in [0, 0.05) is 49.3 Å². The van der Waals surface area contributed by atoms with Crippen LogP contribution in [0.1, 0.15) is 27.9 Å². The smallest absolute Gasteiger partial charge is 0.290 e. The summed E-state index contributed by atoms with van der Waals surface area (Å²) >= 11 is 1.61. The van der Waals surface area contributed by atoms with E-state index in [1.54, 1.807) is 24.5 Å². The molecular weight excluding hydrogens is 364 g/mol. The lowest BCUT2D eigenvalue weighted by atomic mass is 10.2. The summed E-state index contributed by atoms with van der Waals surface area (Å²) in [7, 11) is 3.55. The van der Waals surface area contributed by atoms with E-state index in [4.69, 9.17) is 4.74 Å². The molecule has 1 saturated carbocycles. The van der Waals surface area contributed by atoms with Gasteiger partial charge >= 0.3 is 0 Å². The fraction of sp³-hybridized carbons (Fsp3) is 0.444. The summed E-state index contributed by atoms with van der Waals surface area (Å²) < 4.78 is 8.98. The quantitative estimate of drug-likeness (QED) is 0.669. The Kier molecular flexibility index (Phi) is 4.69. The molecule has 0 saturated heterocycles. The summed E-state index contributed by atoms with van der Waals surface area (Å²) in [6, 6.07) is 3.72. The summed E-state index contributed by atoms with van der Waals surface area (Å²) in [6.45, 7) is 3.08. The van der Waals surface area contributed by atoms with Crippen LogP contribution in [0.25, 0.3) is 0 Å². The van der Waals surface area contributed by atoms with Crippen LogP contribution < -0.4 is 15.6 Å². The van der Waals surface area contributed by atoms with Gasteiger partial charge in [0.2, 0.25) is 5.88 Å². The number of nitrogens with zero attached hydrogens (tertiary/aromatic N) is 5. The van der Waals surface area contributed by atoms with Gasteiger partial charge in [-0.3, -0.25) is 9.48 Å². The van der Waals surface area contributed by atoms with Crippen LogP contribution in [-0.2, 0) is 20.6 Å². The molecule has 3 heterocycles. The van der Waals surface area contributed by atoms with Gasteiger partial charge in [-0.05, 0) is 19.4 Å². The van der Waals surface area contributed by atoms with Crippen LogP contribution >= 0.6 is 11.3 Å². The largest absolute Gasteiger partial charge is 0.476 e. The zero-order valence-corrected chi connectivity index (χ0v) is 16.4. The maximum Gasteiger partial charge on any atom is 0.290 e. The van der Waals surface area contributed by atoms with Gasteiger partial charge in [0.05, 0.1) is 18.8 Å². The lowest BCUT2D eigenvalue weighted by Gasteiger charge is -2.10. The molecule has 1 fully saturated rings. The monoisotopic (exact) mass is 386 g/mol. The van der Waals surface area contributed by atoms with Crippen molar-refractivity contribution in [1.82, 2.24) is 24.5 Å². The number of hydrogen-bond acceptors (Lipinski definition) is 7. The average molecular weight is 386 g/mol. The molecule has 1 aliphatic carbocycles. The Morgan fingerprint density at radius 3 is 2.93 bits per heavy atom. The minimum absolute atomic E-state index is 0.187. The van der Waals surface area contributed by atoms with Crippen molar-refractivity contribution in [1.29, 1.82) is 0 Å². The molecule has 9 heteroatoms. The van der Waals surface area contributed by atoms with E-state index in [9.17, 15) is 4.79 Å². The van der Waals surface area contributed by atoms with Crippen LogP contribution in [-0.4, -0.2) is 31.2 Å². The Labute approximate surface area is 160 Å². The van der Waals surface area contributed by atoms with Crippen molar-refractivity contribution in [3.8, 4) is 5.88 Å². The number of thiazole rings is 1. The van der Waals surface area contributed by atoms with Crippen molar-refractivity contribution in [2.45, 2.75) is 25.8 Å². The molecule has 0 unspecified atom stereocenters. The van der Waals surface area contributed by atoms with Gasteiger partial charge in [-0.1, -0.05) is 0 Å². The first-order valence-electron chi connectivity index (χ1n) is 8.85. The fourth-order valence-electron chi connectivity index (χ4n) is 3.05. The highest BCUT2D eigenvalue weighted by Crippen LogP contribution is 2.46. The third-order valence-electron chi connectivity index (χ3n) is 4.62. The Hall–Kier alpha value is -2.68. The normalized spacial score (nSPS) is 18.5. The van der Waals surface area contributed by atoms with Crippen LogP contribution in [0.5, 0.6) is 5.88 Å². The number of hydrogen-bond donors (Lipinski definition) is 1. The van der Waals surface area contributed by atoms with Crippen molar-refractivity contribution >= 4 is 17.0 Å². The Balaban J connectivity index is 1.38. The summed E-state index contributed by atoms with van der Waals surface area (Å²) in [5.74, 6) is 1.33. The van der Waals surface area contributed by atoms with E-state index >= 15 is 0 Å². The molecule has 2 atom stereocenters.